The fraction of sp³-hybridized carbons (Fsp3) is 0. The van der Waals surface area contributed by atoms with E-state index in [9.17, 15) is 8.78 Å². The van der Waals surface area contributed by atoms with Crippen LogP contribution in [0.3, 0.4) is 0 Å². The van der Waals surface area contributed by atoms with Gasteiger partial charge < -0.3 is 4.98 Å². The highest BCUT2D eigenvalue weighted by molar-refractivity contribution is 7.71. The van der Waals surface area contributed by atoms with Crippen molar-refractivity contribution in [1.82, 2.24) is 4.98 Å². The first-order valence-electron chi connectivity index (χ1n) is 4.31. The van der Waals surface area contributed by atoms with Crippen LogP contribution in [0.4, 0.5) is 8.78 Å². The molecule has 76 valence electrons. The molecule has 0 aliphatic heterocycles. The Labute approximate surface area is 90.4 Å². The zero-order valence-electron chi connectivity index (χ0n) is 7.63. The number of aromatic nitrogens is 1. The molecule has 15 heavy (non-hydrogen) atoms. The van der Waals surface area contributed by atoms with Crippen LogP contribution in [0.25, 0.3) is 11.3 Å². The van der Waals surface area contributed by atoms with Crippen LogP contribution in [-0.2, 0) is 0 Å². The summed E-state index contributed by atoms with van der Waals surface area (Å²) in [6.45, 7) is 0. The number of nitrogens with one attached hydrogen (secondary N) is 1. The van der Waals surface area contributed by atoms with Gasteiger partial charge >= 0.3 is 0 Å². The molecule has 0 spiro atoms. The Balaban J connectivity index is 2.63. The summed E-state index contributed by atoms with van der Waals surface area (Å²) in [5, 5.41) is 0. The molecular weight excluding hydrogens is 216 g/mol. The molecule has 0 fully saturated rings. The van der Waals surface area contributed by atoms with E-state index in [0.29, 0.717) is 10.3 Å². The maximum Gasteiger partial charge on any atom is 0.132 e. The zero-order valence-corrected chi connectivity index (χ0v) is 8.44. The summed E-state index contributed by atoms with van der Waals surface area (Å²) in [5.74, 6) is -0.956. The molecule has 0 atom stereocenters. The average molecular weight is 223 g/mol. The van der Waals surface area contributed by atoms with Crippen LogP contribution in [0, 0.1) is 16.3 Å². The summed E-state index contributed by atoms with van der Waals surface area (Å²) >= 11 is 4.90. The molecule has 2 rings (SSSR count). The maximum absolute atomic E-state index is 13.4. The number of H-pyrrole nitrogens is 1. The largest absolute Gasteiger partial charge is 0.346 e. The number of halogens is 2. The monoisotopic (exact) mass is 223 g/mol. The summed E-state index contributed by atoms with van der Waals surface area (Å²) in [6, 6.07) is 8.32. The fourth-order valence-electron chi connectivity index (χ4n) is 1.31. The summed E-state index contributed by atoms with van der Waals surface area (Å²) in [6.07, 6.45) is 0. The predicted octanol–water partition coefficient (Wildman–Crippen LogP) is 3.69. The normalized spacial score (nSPS) is 10.3. The Morgan fingerprint density at radius 1 is 1.07 bits per heavy atom. The minimum Gasteiger partial charge on any atom is -0.346 e. The lowest BCUT2D eigenvalue weighted by molar-refractivity contribution is 0.602. The quantitative estimate of drug-likeness (QED) is 0.729. The molecule has 1 nitrogen and oxygen atoms in total. The Hall–Kier alpha value is -1.55. The number of aromatic amines is 1. The van der Waals surface area contributed by atoms with E-state index in [2.05, 4.69) is 4.98 Å². The van der Waals surface area contributed by atoms with Crippen LogP contribution in [0.15, 0.2) is 36.4 Å². The van der Waals surface area contributed by atoms with Crippen LogP contribution in [0.5, 0.6) is 0 Å². The first kappa shape index (κ1) is 9.98. The van der Waals surface area contributed by atoms with E-state index in [1.165, 1.54) is 0 Å². The molecular formula is C11H7F2NS. The van der Waals surface area contributed by atoms with Gasteiger partial charge in [0.25, 0.3) is 0 Å². The second kappa shape index (κ2) is 3.90. The summed E-state index contributed by atoms with van der Waals surface area (Å²) in [5.41, 5.74) is 0.654. The van der Waals surface area contributed by atoms with Crippen molar-refractivity contribution < 1.29 is 8.78 Å². The lowest BCUT2D eigenvalue weighted by Crippen LogP contribution is -1.89. The number of pyridine rings is 1. The Morgan fingerprint density at radius 2 is 1.87 bits per heavy atom. The van der Waals surface area contributed by atoms with Crippen LogP contribution in [0.2, 0.25) is 0 Å². The van der Waals surface area contributed by atoms with Crippen LogP contribution in [-0.4, -0.2) is 4.98 Å². The standard InChI is InChI=1S/C11H7F2NS/c12-7-4-5-9(13)8(6-7)10-2-1-3-11(15)14-10/h1-6H,(H,14,15). The van der Waals surface area contributed by atoms with E-state index in [1.54, 1.807) is 18.2 Å². The summed E-state index contributed by atoms with van der Waals surface area (Å²) in [4.78, 5) is 2.80. The van der Waals surface area contributed by atoms with Gasteiger partial charge in [-0.25, -0.2) is 8.78 Å². The van der Waals surface area contributed by atoms with Crippen LogP contribution >= 0.6 is 12.2 Å². The van der Waals surface area contributed by atoms with Gasteiger partial charge in [-0.2, -0.15) is 0 Å². The van der Waals surface area contributed by atoms with Gasteiger partial charge in [0.2, 0.25) is 0 Å². The van der Waals surface area contributed by atoms with Gasteiger partial charge in [0, 0.05) is 11.3 Å². The Bertz CT molecular complexity index is 548. The highest BCUT2D eigenvalue weighted by Gasteiger charge is 2.06. The Kier molecular flexibility index (Phi) is 2.60. The summed E-state index contributed by atoms with van der Waals surface area (Å²) < 4.78 is 26.8. The first-order chi connectivity index (χ1) is 7.16. The summed E-state index contributed by atoms with van der Waals surface area (Å²) in [7, 11) is 0. The van der Waals surface area contributed by atoms with Crippen molar-refractivity contribution in [1.29, 1.82) is 0 Å². The van der Waals surface area contributed by atoms with E-state index in [1.807, 2.05) is 0 Å². The molecule has 0 aliphatic carbocycles. The smallest absolute Gasteiger partial charge is 0.132 e. The molecule has 0 amide bonds. The van der Waals surface area contributed by atoms with E-state index in [0.717, 1.165) is 18.2 Å². The molecule has 0 aliphatic rings. The van der Waals surface area contributed by atoms with E-state index >= 15 is 0 Å². The van der Waals surface area contributed by atoms with E-state index in [-0.39, 0.29) is 5.56 Å². The number of benzene rings is 1. The molecule has 1 N–H and O–H groups in total. The topological polar surface area (TPSA) is 15.8 Å². The number of rotatable bonds is 1. The third-order valence-electron chi connectivity index (χ3n) is 1.99. The van der Waals surface area contributed by atoms with Gasteiger partial charge in [0.05, 0.1) is 0 Å². The van der Waals surface area contributed by atoms with Gasteiger partial charge in [-0.05, 0) is 30.3 Å². The van der Waals surface area contributed by atoms with Gasteiger partial charge in [-0.15, -0.1) is 0 Å². The van der Waals surface area contributed by atoms with E-state index in [4.69, 9.17) is 12.2 Å². The number of hydrogen-bond donors (Lipinski definition) is 1. The van der Waals surface area contributed by atoms with Crippen molar-refractivity contribution >= 4 is 12.2 Å². The molecule has 0 unspecified atom stereocenters. The molecule has 4 heteroatoms. The van der Waals surface area contributed by atoms with Gasteiger partial charge in [-0.1, -0.05) is 18.3 Å². The molecule has 0 bridgehead atoms. The van der Waals surface area contributed by atoms with Gasteiger partial charge in [0.15, 0.2) is 0 Å². The predicted molar refractivity (Wildman–Crippen MR) is 57.0 cm³/mol. The van der Waals surface area contributed by atoms with Crippen molar-refractivity contribution in [3.8, 4) is 11.3 Å². The lowest BCUT2D eigenvalue weighted by atomic mass is 10.1. The molecule has 0 saturated carbocycles. The van der Waals surface area contributed by atoms with Crippen molar-refractivity contribution in [3.05, 3.63) is 52.7 Å². The van der Waals surface area contributed by atoms with Gasteiger partial charge in [0.1, 0.15) is 16.3 Å². The first-order valence-corrected chi connectivity index (χ1v) is 4.72. The van der Waals surface area contributed by atoms with Crippen LogP contribution < -0.4 is 0 Å². The highest BCUT2D eigenvalue weighted by atomic mass is 32.1. The van der Waals surface area contributed by atoms with Crippen LogP contribution in [0.1, 0.15) is 0 Å². The van der Waals surface area contributed by atoms with Crippen molar-refractivity contribution in [2.45, 2.75) is 0 Å². The molecule has 2 aromatic rings. The van der Waals surface area contributed by atoms with Crippen molar-refractivity contribution in [2.24, 2.45) is 0 Å². The Morgan fingerprint density at radius 3 is 2.60 bits per heavy atom. The molecule has 0 radical (unpaired) electrons. The molecule has 0 saturated heterocycles. The lowest BCUT2D eigenvalue weighted by Gasteiger charge is -2.03. The van der Waals surface area contributed by atoms with Crippen molar-refractivity contribution in [2.75, 3.05) is 0 Å². The SMILES string of the molecule is Fc1ccc(F)c(-c2cccc(=S)[nH]2)c1. The third-order valence-corrected chi connectivity index (χ3v) is 2.23. The average Bonchev–Trinajstić information content (AvgIpc) is 2.22. The minimum atomic E-state index is -0.478. The highest BCUT2D eigenvalue weighted by Crippen LogP contribution is 2.21. The zero-order chi connectivity index (χ0) is 10.8. The van der Waals surface area contributed by atoms with Gasteiger partial charge in [-0.3, -0.25) is 0 Å². The molecule has 1 aromatic heterocycles. The number of hydrogen-bond acceptors (Lipinski definition) is 1. The molecule has 1 heterocycles. The fourth-order valence-corrected chi connectivity index (χ4v) is 1.50. The van der Waals surface area contributed by atoms with Crippen molar-refractivity contribution in [3.63, 3.8) is 0 Å². The second-order valence-corrected chi connectivity index (χ2v) is 3.49. The third kappa shape index (κ3) is 2.10. The molecule has 1 aromatic carbocycles. The van der Waals surface area contributed by atoms with E-state index < -0.39 is 11.6 Å². The maximum atomic E-state index is 13.4. The minimum absolute atomic E-state index is 0.182. The second-order valence-electron chi connectivity index (χ2n) is 3.05.